The van der Waals surface area contributed by atoms with Crippen LogP contribution in [-0.2, 0) is 28.9 Å². The third-order valence-corrected chi connectivity index (χ3v) is 3.83. The Bertz CT molecular complexity index is 510. The van der Waals surface area contributed by atoms with E-state index in [9.17, 15) is 9.59 Å². The topological polar surface area (TPSA) is 57.6 Å². The molecular weight excluding hydrogens is 254 g/mol. The molecule has 0 unspecified atom stereocenters. The number of amides is 1. The minimum Gasteiger partial charge on any atom is -0.481 e. The molecule has 0 saturated heterocycles. The summed E-state index contributed by atoms with van der Waals surface area (Å²) in [6, 6.07) is 6.31. The summed E-state index contributed by atoms with van der Waals surface area (Å²) in [6.07, 6.45) is 4.49. The first kappa shape index (κ1) is 14.6. The van der Waals surface area contributed by atoms with Crippen molar-refractivity contribution in [2.45, 2.75) is 38.5 Å². The van der Waals surface area contributed by atoms with Crippen molar-refractivity contribution in [1.29, 1.82) is 0 Å². The van der Waals surface area contributed by atoms with Gasteiger partial charge in [0.05, 0.1) is 6.42 Å². The van der Waals surface area contributed by atoms with Gasteiger partial charge in [-0.2, -0.15) is 0 Å². The van der Waals surface area contributed by atoms with Gasteiger partial charge in [0.25, 0.3) is 0 Å². The fourth-order valence-electron chi connectivity index (χ4n) is 2.64. The van der Waals surface area contributed by atoms with Crippen molar-refractivity contribution >= 4 is 11.9 Å². The average Bonchev–Trinajstić information content (AvgIpc) is 2.85. The predicted octanol–water partition coefficient (Wildman–Crippen LogP) is 2.04. The Morgan fingerprint density at radius 1 is 1.25 bits per heavy atom. The van der Waals surface area contributed by atoms with E-state index in [0.717, 1.165) is 18.4 Å². The van der Waals surface area contributed by atoms with Crippen molar-refractivity contribution in [2.75, 3.05) is 13.6 Å². The van der Waals surface area contributed by atoms with Gasteiger partial charge in [-0.15, -0.1) is 0 Å². The lowest BCUT2D eigenvalue weighted by Crippen LogP contribution is -2.29. The second-order valence-corrected chi connectivity index (χ2v) is 5.45. The van der Waals surface area contributed by atoms with E-state index in [1.807, 2.05) is 6.07 Å². The van der Waals surface area contributed by atoms with Crippen LogP contribution < -0.4 is 0 Å². The molecular formula is C16H21NO3. The van der Waals surface area contributed by atoms with Crippen molar-refractivity contribution in [3.8, 4) is 0 Å². The summed E-state index contributed by atoms with van der Waals surface area (Å²) in [5.74, 6) is -0.766. The van der Waals surface area contributed by atoms with Crippen LogP contribution in [0.15, 0.2) is 18.2 Å². The highest BCUT2D eigenvalue weighted by atomic mass is 16.4. The molecule has 0 fully saturated rings. The van der Waals surface area contributed by atoms with Gasteiger partial charge in [0, 0.05) is 20.0 Å². The number of nitrogens with zero attached hydrogens (tertiary/aromatic N) is 1. The third-order valence-electron chi connectivity index (χ3n) is 3.83. The van der Waals surface area contributed by atoms with Crippen LogP contribution in [0.4, 0.5) is 0 Å². The normalized spacial score (nSPS) is 13.1. The number of benzene rings is 1. The van der Waals surface area contributed by atoms with Crippen LogP contribution in [-0.4, -0.2) is 35.5 Å². The van der Waals surface area contributed by atoms with Crippen molar-refractivity contribution < 1.29 is 14.7 Å². The number of carbonyl (C=O) groups is 2. The fourth-order valence-corrected chi connectivity index (χ4v) is 2.64. The van der Waals surface area contributed by atoms with Crippen molar-refractivity contribution in [2.24, 2.45) is 0 Å². The monoisotopic (exact) mass is 275 g/mol. The van der Waals surface area contributed by atoms with Gasteiger partial charge in [-0.25, -0.2) is 0 Å². The number of carbonyl (C=O) groups excluding carboxylic acids is 1. The Hall–Kier alpha value is -1.84. The van der Waals surface area contributed by atoms with E-state index < -0.39 is 5.97 Å². The van der Waals surface area contributed by atoms with E-state index >= 15 is 0 Å². The average molecular weight is 275 g/mol. The van der Waals surface area contributed by atoms with Crippen molar-refractivity contribution in [1.82, 2.24) is 4.90 Å². The van der Waals surface area contributed by atoms with Gasteiger partial charge < -0.3 is 10.0 Å². The number of carboxylic acids is 1. The lowest BCUT2D eigenvalue weighted by atomic mass is 10.0. The summed E-state index contributed by atoms with van der Waals surface area (Å²) >= 11 is 0. The molecule has 4 nitrogen and oxygen atoms in total. The Labute approximate surface area is 119 Å². The zero-order valence-electron chi connectivity index (χ0n) is 11.9. The number of likely N-dealkylation sites (N-methyl/N-ethyl adjacent to an activating group) is 1. The van der Waals surface area contributed by atoms with Crippen LogP contribution in [0.5, 0.6) is 0 Å². The van der Waals surface area contributed by atoms with Gasteiger partial charge in [-0.3, -0.25) is 9.59 Å². The highest BCUT2D eigenvalue weighted by molar-refractivity contribution is 5.78. The fraction of sp³-hybridized carbons (Fsp3) is 0.500. The van der Waals surface area contributed by atoms with E-state index in [0.29, 0.717) is 19.4 Å². The van der Waals surface area contributed by atoms with Gasteiger partial charge in [0.2, 0.25) is 5.91 Å². The summed E-state index contributed by atoms with van der Waals surface area (Å²) < 4.78 is 0. The van der Waals surface area contributed by atoms with Crippen LogP contribution in [0.25, 0.3) is 0 Å². The molecule has 1 aliphatic carbocycles. The summed E-state index contributed by atoms with van der Waals surface area (Å²) in [4.78, 5) is 24.1. The smallest absolute Gasteiger partial charge is 0.303 e. The molecule has 108 valence electrons. The van der Waals surface area contributed by atoms with E-state index in [2.05, 4.69) is 12.1 Å². The van der Waals surface area contributed by atoms with Crippen LogP contribution in [0.3, 0.4) is 0 Å². The van der Waals surface area contributed by atoms with Crippen molar-refractivity contribution in [3.63, 3.8) is 0 Å². The predicted molar refractivity (Wildman–Crippen MR) is 76.7 cm³/mol. The van der Waals surface area contributed by atoms with Crippen LogP contribution in [0.1, 0.15) is 36.0 Å². The lowest BCUT2D eigenvalue weighted by molar-refractivity contribution is -0.138. The van der Waals surface area contributed by atoms with Gasteiger partial charge >= 0.3 is 5.97 Å². The lowest BCUT2D eigenvalue weighted by Gasteiger charge is -2.17. The number of aliphatic carboxylic acids is 1. The van der Waals surface area contributed by atoms with Crippen LogP contribution in [0.2, 0.25) is 0 Å². The molecule has 0 aromatic heterocycles. The number of hydrogen-bond acceptors (Lipinski definition) is 2. The molecule has 0 heterocycles. The SMILES string of the molecule is CN(CCCC(=O)O)C(=O)Cc1ccc2c(c1)CCC2. The van der Waals surface area contributed by atoms with Crippen LogP contribution in [0, 0.1) is 0 Å². The highest BCUT2D eigenvalue weighted by Gasteiger charge is 2.14. The summed E-state index contributed by atoms with van der Waals surface area (Å²) in [5.41, 5.74) is 3.85. The first-order valence-corrected chi connectivity index (χ1v) is 7.12. The Kier molecular flexibility index (Phi) is 4.77. The molecule has 4 heteroatoms. The van der Waals surface area contributed by atoms with Gasteiger partial charge in [-0.05, 0) is 42.4 Å². The van der Waals surface area contributed by atoms with Crippen molar-refractivity contribution in [3.05, 3.63) is 34.9 Å². The molecule has 20 heavy (non-hydrogen) atoms. The van der Waals surface area contributed by atoms with Gasteiger partial charge in [0.15, 0.2) is 0 Å². The zero-order chi connectivity index (χ0) is 14.5. The molecule has 1 aromatic rings. The number of fused-ring (bicyclic) bond motifs is 1. The second kappa shape index (κ2) is 6.55. The number of carboxylic acid groups (broad SMARTS) is 1. The van der Waals surface area contributed by atoms with Gasteiger partial charge in [-0.1, -0.05) is 18.2 Å². The largest absolute Gasteiger partial charge is 0.481 e. The van der Waals surface area contributed by atoms with E-state index in [4.69, 9.17) is 5.11 Å². The Morgan fingerprint density at radius 3 is 2.75 bits per heavy atom. The maximum atomic E-state index is 12.1. The maximum Gasteiger partial charge on any atom is 0.303 e. The van der Waals surface area contributed by atoms with E-state index in [1.165, 1.54) is 17.5 Å². The molecule has 1 amide bonds. The molecule has 1 aromatic carbocycles. The first-order valence-electron chi connectivity index (χ1n) is 7.12. The van der Waals surface area contributed by atoms with E-state index in [1.54, 1.807) is 11.9 Å². The number of aryl methyl sites for hydroxylation is 2. The Balaban J connectivity index is 1.86. The molecule has 0 spiro atoms. The molecule has 0 saturated carbocycles. The van der Waals surface area contributed by atoms with Gasteiger partial charge in [0.1, 0.15) is 0 Å². The third kappa shape index (κ3) is 3.83. The quantitative estimate of drug-likeness (QED) is 0.864. The minimum absolute atomic E-state index is 0.0494. The molecule has 0 atom stereocenters. The molecule has 1 aliphatic rings. The molecule has 1 N–H and O–H groups in total. The summed E-state index contributed by atoms with van der Waals surface area (Å²) in [6.45, 7) is 0.496. The molecule has 0 bridgehead atoms. The van der Waals surface area contributed by atoms with Crippen LogP contribution >= 0.6 is 0 Å². The standard InChI is InChI=1S/C16H21NO3/c1-17(9-3-6-16(19)20)15(18)11-12-7-8-13-4-2-5-14(13)10-12/h7-8,10H,2-6,9,11H2,1H3,(H,19,20). The Morgan fingerprint density at radius 2 is 2.00 bits per heavy atom. The number of hydrogen-bond donors (Lipinski definition) is 1. The zero-order valence-corrected chi connectivity index (χ0v) is 11.9. The maximum absolute atomic E-state index is 12.1. The number of rotatable bonds is 6. The second-order valence-electron chi connectivity index (χ2n) is 5.45. The molecule has 2 rings (SSSR count). The van der Waals surface area contributed by atoms with E-state index in [-0.39, 0.29) is 12.3 Å². The summed E-state index contributed by atoms with van der Waals surface area (Å²) in [7, 11) is 1.73. The molecule has 0 radical (unpaired) electrons. The minimum atomic E-state index is -0.815. The first-order chi connectivity index (χ1) is 9.56. The summed E-state index contributed by atoms with van der Waals surface area (Å²) in [5, 5.41) is 8.59. The molecule has 0 aliphatic heterocycles. The highest BCUT2D eigenvalue weighted by Crippen LogP contribution is 2.23.